The van der Waals surface area contributed by atoms with Gasteiger partial charge in [-0.15, -0.1) is 0 Å². The second-order valence-electron chi connectivity index (χ2n) is 8.05. The summed E-state index contributed by atoms with van der Waals surface area (Å²) < 4.78 is 0. The molecule has 3 aromatic rings. The molecule has 28 heavy (non-hydrogen) atoms. The Morgan fingerprint density at radius 3 is 1.82 bits per heavy atom. The van der Waals surface area contributed by atoms with Gasteiger partial charge in [-0.1, -0.05) is 73.3 Å². The van der Waals surface area contributed by atoms with E-state index in [0.717, 1.165) is 19.3 Å². The molecule has 3 aromatic carbocycles. The van der Waals surface area contributed by atoms with Crippen LogP contribution in [0.25, 0.3) is 27.8 Å². The molecule has 0 aromatic heterocycles. The molecule has 0 aliphatic heterocycles. The highest BCUT2D eigenvalue weighted by atomic mass is 14.4. The van der Waals surface area contributed by atoms with E-state index in [-0.39, 0.29) is 0 Å². The monoisotopic (exact) mass is 358 g/mol. The topological polar surface area (TPSA) is 0 Å². The van der Waals surface area contributed by atoms with E-state index >= 15 is 0 Å². The lowest BCUT2D eigenvalue weighted by Crippen LogP contribution is -1.99. The smallest absolute Gasteiger partial charge is 0.000706 e. The van der Waals surface area contributed by atoms with Gasteiger partial charge in [0.25, 0.3) is 0 Å². The lowest BCUT2D eigenvalue weighted by atomic mass is 9.86. The summed E-state index contributed by atoms with van der Waals surface area (Å²) in [5, 5.41) is 0. The van der Waals surface area contributed by atoms with Crippen LogP contribution in [-0.2, 0) is 19.3 Å². The molecule has 3 aliphatic rings. The van der Waals surface area contributed by atoms with Gasteiger partial charge in [0.05, 0.1) is 0 Å². The third kappa shape index (κ3) is 1.90. The van der Waals surface area contributed by atoms with Crippen molar-refractivity contribution >= 4 is 5.57 Å². The summed E-state index contributed by atoms with van der Waals surface area (Å²) in [4.78, 5) is 0. The van der Waals surface area contributed by atoms with Gasteiger partial charge in [-0.25, -0.2) is 0 Å². The van der Waals surface area contributed by atoms with Crippen LogP contribution < -0.4 is 0 Å². The van der Waals surface area contributed by atoms with Gasteiger partial charge in [-0.3, -0.25) is 0 Å². The zero-order valence-electron chi connectivity index (χ0n) is 16.2. The van der Waals surface area contributed by atoms with E-state index in [0.29, 0.717) is 0 Å². The molecular formula is C28H22. The number of rotatable bonds is 2. The first-order valence-corrected chi connectivity index (χ1v) is 10.2. The zero-order valence-corrected chi connectivity index (χ0v) is 16.2. The highest BCUT2D eigenvalue weighted by Crippen LogP contribution is 2.55. The summed E-state index contributed by atoms with van der Waals surface area (Å²) in [5.74, 6) is 0. The second kappa shape index (κ2) is 5.69. The summed E-state index contributed by atoms with van der Waals surface area (Å²) in [6.45, 7) is 6.25. The molecule has 0 bridgehead atoms. The Bertz CT molecular complexity index is 1250. The van der Waals surface area contributed by atoms with Gasteiger partial charge < -0.3 is 0 Å². The fourth-order valence-corrected chi connectivity index (χ4v) is 5.63. The molecule has 0 heterocycles. The summed E-state index contributed by atoms with van der Waals surface area (Å²) in [6, 6.07) is 18.0. The van der Waals surface area contributed by atoms with E-state index in [1.807, 2.05) is 0 Å². The minimum absolute atomic E-state index is 0.999. The summed E-state index contributed by atoms with van der Waals surface area (Å²) in [5.41, 5.74) is 17.7. The van der Waals surface area contributed by atoms with Crippen LogP contribution in [-0.4, -0.2) is 0 Å². The first kappa shape index (κ1) is 15.9. The Balaban J connectivity index is 1.76. The van der Waals surface area contributed by atoms with Crippen LogP contribution in [0.2, 0.25) is 0 Å². The van der Waals surface area contributed by atoms with Gasteiger partial charge in [0.1, 0.15) is 0 Å². The third-order valence-electron chi connectivity index (χ3n) is 6.68. The highest BCUT2D eigenvalue weighted by molar-refractivity contribution is 6.00. The number of fused-ring (bicyclic) bond motifs is 10. The molecule has 3 aliphatic carbocycles. The Morgan fingerprint density at radius 2 is 1.25 bits per heavy atom. The van der Waals surface area contributed by atoms with Gasteiger partial charge in [0.15, 0.2) is 0 Å². The number of allylic oxidation sites excluding steroid dienone is 5. The van der Waals surface area contributed by atoms with Gasteiger partial charge in [-0.05, 0) is 93.0 Å². The van der Waals surface area contributed by atoms with Gasteiger partial charge in [0.2, 0.25) is 0 Å². The van der Waals surface area contributed by atoms with Crippen LogP contribution in [0.15, 0.2) is 78.9 Å². The van der Waals surface area contributed by atoms with Crippen molar-refractivity contribution in [2.75, 3.05) is 0 Å². The Labute approximate surface area is 166 Å². The van der Waals surface area contributed by atoms with Crippen molar-refractivity contribution in [3.05, 3.63) is 112 Å². The van der Waals surface area contributed by atoms with Gasteiger partial charge >= 0.3 is 0 Å². The van der Waals surface area contributed by atoms with E-state index in [1.54, 1.807) is 5.56 Å². The first-order valence-electron chi connectivity index (χ1n) is 10.2. The van der Waals surface area contributed by atoms with Gasteiger partial charge in [-0.2, -0.15) is 0 Å². The van der Waals surface area contributed by atoms with Crippen LogP contribution in [0.5, 0.6) is 0 Å². The molecule has 0 fully saturated rings. The molecule has 0 saturated heterocycles. The standard InChI is InChI=1S/C28H22/c1-3-9-20-17(4-2)14-23-26(20)24-15-18-10-6-8-13-22(18)28(24)25-16-19-11-5-7-12-21(19)27(23)25/h3-13H,2,14-16H2,1H3/b9-3-. The summed E-state index contributed by atoms with van der Waals surface area (Å²) in [6.07, 6.45) is 9.62. The van der Waals surface area contributed by atoms with E-state index in [4.69, 9.17) is 0 Å². The molecule has 6 rings (SSSR count). The Morgan fingerprint density at radius 1 is 0.714 bits per heavy atom. The van der Waals surface area contributed by atoms with Crippen molar-refractivity contribution < 1.29 is 0 Å². The average molecular weight is 358 g/mol. The van der Waals surface area contributed by atoms with Crippen molar-refractivity contribution in [2.45, 2.75) is 26.2 Å². The zero-order chi connectivity index (χ0) is 18.8. The van der Waals surface area contributed by atoms with Crippen molar-refractivity contribution in [1.29, 1.82) is 0 Å². The van der Waals surface area contributed by atoms with Crippen molar-refractivity contribution in [3.63, 3.8) is 0 Å². The molecule has 134 valence electrons. The van der Waals surface area contributed by atoms with E-state index in [1.165, 1.54) is 61.2 Å². The lowest BCUT2D eigenvalue weighted by Gasteiger charge is -2.17. The first-order chi connectivity index (χ1) is 13.8. The van der Waals surface area contributed by atoms with E-state index in [2.05, 4.69) is 80.3 Å². The molecule has 0 unspecified atom stereocenters. The second-order valence-corrected chi connectivity index (χ2v) is 8.05. The Hall–Kier alpha value is -3.12. The molecule has 0 spiro atoms. The fraction of sp³-hybridized carbons (Fsp3) is 0.143. The minimum Gasteiger partial charge on any atom is -0.0988 e. The predicted molar refractivity (Wildman–Crippen MR) is 119 cm³/mol. The van der Waals surface area contributed by atoms with Crippen LogP contribution in [0.1, 0.15) is 40.3 Å². The van der Waals surface area contributed by atoms with Crippen LogP contribution in [0.3, 0.4) is 0 Å². The average Bonchev–Trinajstić information content (AvgIpc) is 3.38. The van der Waals surface area contributed by atoms with Crippen LogP contribution in [0, 0.1) is 0 Å². The normalized spacial score (nSPS) is 15.5. The molecule has 0 nitrogen and oxygen atoms in total. The Kier molecular flexibility index (Phi) is 3.23. The predicted octanol–water partition coefficient (Wildman–Crippen LogP) is 6.90. The maximum absolute atomic E-state index is 4.14. The summed E-state index contributed by atoms with van der Waals surface area (Å²) >= 11 is 0. The molecule has 0 amide bonds. The van der Waals surface area contributed by atoms with Gasteiger partial charge in [0, 0.05) is 0 Å². The molecule has 0 atom stereocenters. The molecule has 0 N–H and O–H groups in total. The number of benzene rings is 3. The number of hydrogen-bond donors (Lipinski definition) is 0. The highest BCUT2D eigenvalue weighted by Gasteiger charge is 2.36. The largest absolute Gasteiger partial charge is 0.0988 e. The maximum atomic E-state index is 4.14. The van der Waals surface area contributed by atoms with Crippen molar-refractivity contribution in [1.82, 2.24) is 0 Å². The van der Waals surface area contributed by atoms with Crippen molar-refractivity contribution in [2.24, 2.45) is 0 Å². The minimum atomic E-state index is 0.999. The SMILES string of the molecule is C=CC1=C(/C=C\C)c2c(c3c(c4c2Cc2ccccc2-4)Cc2ccccc2-3)C1. The molecule has 0 saturated carbocycles. The maximum Gasteiger partial charge on any atom is -0.000706 e. The van der Waals surface area contributed by atoms with Crippen LogP contribution in [0.4, 0.5) is 0 Å². The van der Waals surface area contributed by atoms with E-state index < -0.39 is 0 Å². The van der Waals surface area contributed by atoms with Crippen LogP contribution >= 0.6 is 0 Å². The molecule has 0 radical (unpaired) electrons. The molecular weight excluding hydrogens is 336 g/mol. The van der Waals surface area contributed by atoms with E-state index in [9.17, 15) is 0 Å². The number of hydrogen-bond acceptors (Lipinski definition) is 0. The third-order valence-corrected chi connectivity index (χ3v) is 6.68. The lowest BCUT2D eigenvalue weighted by molar-refractivity contribution is 1.18. The fourth-order valence-electron chi connectivity index (χ4n) is 5.63. The quantitative estimate of drug-likeness (QED) is 0.322. The van der Waals surface area contributed by atoms with Crippen molar-refractivity contribution in [3.8, 4) is 22.3 Å². The summed E-state index contributed by atoms with van der Waals surface area (Å²) in [7, 11) is 0. The molecule has 0 heteroatoms.